The van der Waals surface area contributed by atoms with Gasteiger partial charge in [-0.2, -0.15) is 0 Å². The summed E-state index contributed by atoms with van der Waals surface area (Å²) in [6.45, 7) is 5.61. The van der Waals surface area contributed by atoms with E-state index in [2.05, 4.69) is 29.7 Å². The van der Waals surface area contributed by atoms with Crippen molar-refractivity contribution in [3.63, 3.8) is 0 Å². The Kier molecular flexibility index (Phi) is 6.18. The van der Waals surface area contributed by atoms with E-state index in [-0.39, 0.29) is 11.9 Å². The number of methoxy groups -OCH3 is 1. The lowest BCUT2D eigenvalue weighted by atomic mass is 10.3. The molecule has 0 spiro atoms. The lowest BCUT2D eigenvalue weighted by molar-refractivity contribution is -0.121. The first-order chi connectivity index (χ1) is 8.11. The van der Waals surface area contributed by atoms with E-state index in [9.17, 15) is 4.79 Å². The van der Waals surface area contributed by atoms with Crippen LogP contribution in [0.25, 0.3) is 0 Å². The van der Waals surface area contributed by atoms with Crippen molar-refractivity contribution in [2.45, 2.75) is 26.4 Å². The fourth-order valence-corrected chi connectivity index (χ4v) is 2.36. The number of thiophene rings is 1. The molecule has 0 fully saturated rings. The summed E-state index contributed by atoms with van der Waals surface area (Å²) in [5.74, 6) is 0.00262. The van der Waals surface area contributed by atoms with E-state index in [1.165, 1.54) is 9.75 Å². The normalized spacial score (nSPS) is 12.4. The van der Waals surface area contributed by atoms with Crippen LogP contribution in [0.3, 0.4) is 0 Å². The highest BCUT2D eigenvalue weighted by Gasteiger charge is 2.06. The molecule has 0 bridgehead atoms. The van der Waals surface area contributed by atoms with Crippen LogP contribution in [0.5, 0.6) is 0 Å². The van der Waals surface area contributed by atoms with Gasteiger partial charge in [0.25, 0.3) is 0 Å². The highest BCUT2D eigenvalue weighted by Crippen LogP contribution is 2.14. The van der Waals surface area contributed by atoms with Gasteiger partial charge in [0.05, 0.1) is 13.2 Å². The van der Waals surface area contributed by atoms with E-state index in [1.54, 1.807) is 18.4 Å². The van der Waals surface area contributed by atoms with Crippen molar-refractivity contribution in [1.29, 1.82) is 0 Å². The van der Waals surface area contributed by atoms with Crippen LogP contribution in [0.15, 0.2) is 12.1 Å². The maximum absolute atomic E-state index is 11.5. The van der Waals surface area contributed by atoms with Gasteiger partial charge in [0.15, 0.2) is 0 Å². The molecule has 5 heteroatoms. The van der Waals surface area contributed by atoms with E-state index in [1.807, 2.05) is 6.92 Å². The Labute approximate surface area is 106 Å². The molecule has 1 aromatic heterocycles. The first kappa shape index (κ1) is 14.2. The van der Waals surface area contributed by atoms with Gasteiger partial charge in [-0.1, -0.05) is 0 Å². The Bertz CT molecular complexity index is 352. The summed E-state index contributed by atoms with van der Waals surface area (Å²) in [6.07, 6.45) is 0. The average molecular weight is 256 g/mol. The Morgan fingerprint density at radius 3 is 2.88 bits per heavy atom. The van der Waals surface area contributed by atoms with E-state index in [4.69, 9.17) is 4.74 Å². The molecule has 0 aliphatic rings. The molecule has 0 saturated heterocycles. The van der Waals surface area contributed by atoms with Crippen molar-refractivity contribution in [2.24, 2.45) is 0 Å². The Morgan fingerprint density at radius 2 is 2.29 bits per heavy atom. The summed E-state index contributed by atoms with van der Waals surface area (Å²) >= 11 is 1.75. The lowest BCUT2D eigenvalue weighted by Gasteiger charge is -2.12. The largest absolute Gasteiger partial charge is 0.383 e. The highest BCUT2D eigenvalue weighted by molar-refractivity contribution is 7.11. The number of nitrogens with one attached hydrogen (secondary N) is 2. The molecule has 17 heavy (non-hydrogen) atoms. The molecule has 96 valence electrons. The van der Waals surface area contributed by atoms with Gasteiger partial charge in [-0.25, -0.2) is 0 Å². The minimum absolute atomic E-state index is 0.00262. The number of ether oxygens (including phenoxy) is 1. The summed E-state index contributed by atoms with van der Waals surface area (Å²) in [4.78, 5) is 14.0. The summed E-state index contributed by atoms with van der Waals surface area (Å²) in [5.41, 5.74) is 0. The number of hydrogen-bond acceptors (Lipinski definition) is 4. The van der Waals surface area contributed by atoms with Crippen molar-refractivity contribution in [3.8, 4) is 0 Å². The quantitative estimate of drug-likeness (QED) is 0.773. The third-order valence-electron chi connectivity index (χ3n) is 2.20. The van der Waals surface area contributed by atoms with Crippen molar-refractivity contribution in [1.82, 2.24) is 10.6 Å². The number of hydrogen-bond donors (Lipinski definition) is 2. The van der Waals surface area contributed by atoms with Crippen molar-refractivity contribution in [2.75, 3.05) is 20.3 Å². The van der Waals surface area contributed by atoms with Crippen LogP contribution in [-0.2, 0) is 16.1 Å². The predicted molar refractivity (Wildman–Crippen MR) is 70.2 cm³/mol. The van der Waals surface area contributed by atoms with Gasteiger partial charge in [0.2, 0.25) is 5.91 Å². The molecule has 0 radical (unpaired) electrons. The maximum atomic E-state index is 11.5. The second-order valence-corrected chi connectivity index (χ2v) is 5.41. The molecule has 1 amide bonds. The smallest absolute Gasteiger partial charge is 0.234 e. The summed E-state index contributed by atoms with van der Waals surface area (Å²) in [5, 5.41) is 5.97. The molecule has 1 rings (SSSR count). The predicted octanol–water partition coefficient (Wildman–Crippen LogP) is 1.30. The van der Waals surface area contributed by atoms with Gasteiger partial charge in [-0.15, -0.1) is 11.3 Å². The molecule has 1 unspecified atom stereocenters. The van der Waals surface area contributed by atoms with Crippen LogP contribution < -0.4 is 10.6 Å². The SMILES string of the molecule is COCC(C)NC(=O)CNCc1ccc(C)s1. The Balaban J connectivity index is 2.16. The third-order valence-corrected chi connectivity index (χ3v) is 3.21. The second-order valence-electron chi connectivity index (χ2n) is 4.04. The molecule has 0 aromatic carbocycles. The molecule has 0 aliphatic heterocycles. The van der Waals surface area contributed by atoms with E-state index >= 15 is 0 Å². The molecule has 0 aliphatic carbocycles. The van der Waals surface area contributed by atoms with Crippen molar-refractivity contribution < 1.29 is 9.53 Å². The monoisotopic (exact) mass is 256 g/mol. The number of amides is 1. The number of rotatable bonds is 7. The molecule has 1 atom stereocenters. The first-order valence-electron chi connectivity index (χ1n) is 5.66. The van der Waals surface area contributed by atoms with Crippen LogP contribution in [0.4, 0.5) is 0 Å². The minimum atomic E-state index is 0.00262. The van der Waals surface area contributed by atoms with Crippen molar-refractivity contribution in [3.05, 3.63) is 21.9 Å². The van der Waals surface area contributed by atoms with Gasteiger partial charge in [-0.3, -0.25) is 4.79 Å². The molecule has 4 nitrogen and oxygen atoms in total. The zero-order valence-corrected chi connectivity index (χ0v) is 11.4. The standard InChI is InChI=1S/C12H20N2O2S/c1-9(8-16-3)14-12(15)7-13-6-11-5-4-10(2)17-11/h4-5,9,13H,6-8H2,1-3H3,(H,14,15). The summed E-state index contributed by atoms with van der Waals surface area (Å²) in [7, 11) is 1.63. The minimum Gasteiger partial charge on any atom is -0.383 e. The fourth-order valence-electron chi connectivity index (χ4n) is 1.50. The highest BCUT2D eigenvalue weighted by atomic mass is 32.1. The zero-order valence-electron chi connectivity index (χ0n) is 10.6. The molecule has 1 aromatic rings. The van der Waals surface area contributed by atoms with Crippen LogP contribution >= 0.6 is 11.3 Å². The van der Waals surface area contributed by atoms with Crippen LogP contribution in [0.1, 0.15) is 16.7 Å². The summed E-state index contributed by atoms with van der Waals surface area (Å²) < 4.78 is 4.95. The molecule has 1 heterocycles. The van der Waals surface area contributed by atoms with Gasteiger partial charge < -0.3 is 15.4 Å². The topological polar surface area (TPSA) is 50.4 Å². The maximum Gasteiger partial charge on any atom is 0.234 e. The second kappa shape index (κ2) is 7.42. The molecular weight excluding hydrogens is 236 g/mol. The lowest BCUT2D eigenvalue weighted by Crippen LogP contribution is -2.40. The number of carbonyl (C=O) groups is 1. The van der Waals surface area contributed by atoms with Crippen molar-refractivity contribution >= 4 is 17.2 Å². The fraction of sp³-hybridized carbons (Fsp3) is 0.583. The summed E-state index contributed by atoms with van der Waals surface area (Å²) in [6, 6.07) is 4.22. The molecule has 2 N–H and O–H groups in total. The Morgan fingerprint density at radius 1 is 1.53 bits per heavy atom. The third kappa shape index (κ3) is 5.81. The van der Waals surface area contributed by atoms with Gasteiger partial charge in [0.1, 0.15) is 0 Å². The zero-order chi connectivity index (χ0) is 12.7. The molecular formula is C12H20N2O2S. The number of aryl methyl sites for hydroxylation is 1. The van der Waals surface area contributed by atoms with Crippen LogP contribution in [0.2, 0.25) is 0 Å². The van der Waals surface area contributed by atoms with Gasteiger partial charge in [0, 0.05) is 29.5 Å². The van der Waals surface area contributed by atoms with E-state index in [0.717, 1.165) is 6.54 Å². The first-order valence-corrected chi connectivity index (χ1v) is 6.47. The number of carbonyl (C=O) groups excluding carboxylic acids is 1. The van der Waals surface area contributed by atoms with E-state index in [0.29, 0.717) is 13.2 Å². The van der Waals surface area contributed by atoms with E-state index < -0.39 is 0 Å². The van der Waals surface area contributed by atoms with Crippen LogP contribution in [0, 0.1) is 6.92 Å². The average Bonchev–Trinajstić information content (AvgIpc) is 2.64. The van der Waals surface area contributed by atoms with Gasteiger partial charge >= 0.3 is 0 Å². The van der Waals surface area contributed by atoms with Crippen LogP contribution in [-0.4, -0.2) is 32.2 Å². The van der Waals surface area contributed by atoms with Gasteiger partial charge in [-0.05, 0) is 26.0 Å². The molecule has 0 saturated carbocycles. The Hall–Kier alpha value is -0.910.